The van der Waals surface area contributed by atoms with Crippen LogP contribution >= 0.6 is 0 Å². The standard InChI is InChI=1S/C8H8F9NO3/c1-2-21-8(20,7(15,16)17)18-4(19)3(5(9,10)11)6(12,13)14/h3,20H,2H2,1H3,(H,18,19)/t8-/m0/s1. The number of amides is 1. The van der Waals surface area contributed by atoms with Crippen LogP contribution in [0.5, 0.6) is 0 Å². The first kappa shape index (κ1) is 19.8. The molecule has 0 saturated carbocycles. The molecule has 0 aromatic carbocycles. The molecule has 0 spiro atoms. The SMILES string of the molecule is CCO[C@](O)(NC(=O)C(C(F)(F)F)C(F)(F)F)C(F)(F)F. The van der Waals surface area contributed by atoms with Crippen molar-refractivity contribution in [3.05, 3.63) is 0 Å². The normalized spacial score (nSPS) is 16.8. The minimum Gasteiger partial charge on any atom is -0.342 e. The van der Waals surface area contributed by atoms with Gasteiger partial charge in [0.05, 0.1) is 0 Å². The molecule has 0 rings (SSSR count). The second-order valence-corrected chi connectivity index (χ2v) is 3.58. The van der Waals surface area contributed by atoms with E-state index in [-0.39, 0.29) is 5.32 Å². The molecule has 4 nitrogen and oxygen atoms in total. The summed E-state index contributed by atoms with van der Waals surface area (Å²) < 4.78 is 114. The van der Waals surface area contributed by atoms with Gasteiger partial charge in [0.15, 0.2) is 0 Å². The highest BCUT2D eigenvalue weighted by Gasteiger charge is 2.65. The summed E-state index contributed by atoms with van der Waals surface area (Å²) >= 11 is 0. The van der Waals surface area contributed by atoms with Crippen LogP contribution in [-0.4, -0.2) is 42.1 Å². The van der Waals surface area contributed by atoms with Gasteiger partial charge in [0.2, 0.25) is 11.8 Å². The third kappa shape index (κ3) is 4.91. The van der Waals surface area contributed by atoms with E-state index < -0.39 is 42.9 Å². The van der Waals surface area contributed by atoms with Gasteiger partial charge in [-0.25, -0.2) is 0 Å². The third-order valence-corrected chi connectivity index (χ3v) is 1.95. The van der Waals surface area contributed by atoms with Crippen LogP contribution in [0.3, 0.4) is 0 Å². The van der Waals surface area contributed by atoms with Crippen molar-refractivity contribution in [2.24, 2.45) is 5.92 Å². The molecule has 0 heterocycles. The smallest absolute Gasteiger partial charge is 0.342 e. The number of nitrogens with one attached hydrogen (secondary N) is 1. The van der Waals surface area contributed by atoms with E-state index in [9.17, 15) is 44.3 Å². The van der Waals surface area contributed by atoms with E-state index in [4.69, 9.17) is 5.11 Å². The monoisotopic (exact) mass is 337 g/mol. The van der Waals surface area contributed by atoms with Crippen LogP contribution in [0.2, 0.25) is 0 Å². The first-order chi connectivity index (χ1) is 9.06. The number of hydrogen-bond donors (Lipinski definition) is 2. The Morgan fingerprint density at radius 2 is 1.43 bits per heavy atom. The zero-order chi connectivity index (χ0) is 17.3. The van der Waals surface area contributed by atoms with Crippen LogP contribution in [0.25, 0.3) is 0 Å². The lowest BCUT2D eigenvalue weighted by atomic mass is 10.1. The van der Waals surface area contributed by atoms with Crippen molar-refractivity contribution in [2.45, 2.75) is 31.4 Å². The molecule has 0 saturated heterocycles. The lowest BCUT2D eigenvalue weighted by Gasteiger charge is -2.32. The second-order valence-electron chi connectivity index (χ2n) is 3.58. The lowest BCUT2D eigenvalue weighted by Crippen LogP contribution is -2.64. The molecule has 13 heteroatoms. The highest BCUT2D eigenvalue weighted by molar-refractivity contribution is 5.80. The number of ether oxygens (including phenoxy) is 1. The fourth-order valence-electron chi connectivity index (χ4n) is 1.12. The molecule has 0 aliphatic rings. The molecular weight excluding hydrogens is 329 g/mol. The van der Waals surface area contributed by atoms with Crippen molar-refractivity contribution in [1.29, 1.82) is 0 Å². The van der Waals surface area contributed by atoms with E-state index in [2.05, 4.69) is 4.74 Å². The van der Waals surface area contributed by atoms with Gasteiger partial charge in [0, 0.05) is 6.61 Å². The van der Waals surface area contributed by atoms with Crippen LogP contribution in [0.1, 0.15) is 6.92 Å². The average molecular weight is 337 g/mol. The predicted octanol–water partition coefficient (Wildman–Crippen LogP) is 2.09. The van der Waals surface area contributed by atoms with E-state index in [0.29, 0.717) is 0 Å². The van der Waals surface area contributed by atoms with Crippen molar-refractivity contribution in [3.63, 3.8) is 0 Å². The molecule has 0 aliphatic carbocycles. The minimum absolute atomic E-state index is 0.177. The predicted molar refractivity (Wildman–Crippen MR) is 46.4 cm³/mol. The maximum Gasteiger partial charge on any atom is 0.465 e. The Balaban J connectivity index is 5.49. The maximum atomic E-state index is 12.4. The number of rotatable bonds is 4. The Kier molecular flexibility index (Phi) is 5.52. The number of aliphatic hydroxyl groups is 1. The van der Waals surface area contributed by atoms with Crippen LogP contribution in [-0.2, 0) is 9.53 Å². The largest absolute Gasteiger partial charge is 0.465 e. The highest BCUT2D eigenvalue weighted by Crippen LogP contribution is 2.40. The molecular formula is C8H8F9NO3. The topological polar surface area (TPSA) is 58.6 Å². The zero-order valence-electron chi connectivity index (χ0n) is 9.95. The summed E-state index contributed by atoms with van der Waals surface area (Å²) in [6.07, 6.45) is -18.3. The summed E-state index contributed by atoms with van der Waals surface area (Å²) in [7, 11) is 0. The van der Waals surface area contributed by atoms with Crippen molar-refractivity contribution in [1.82, 2.24) is 5.32 Å². The fraction of sp³-hybridized carbons (Fsp3) is 0.875. The second kappa shape index (κ2) is 5.87. The first-order valence-electron chi connectivity index (χ1n) is 4.94. The van der Waals surface area contributed by atoms with Crippen LogP contribution in [0, 0.1) is 5.92 Å². The Bertz CT molecular complexity index is 361. The van der Waals surface area contributed by atoms with Crippen molar-refractivity contribution in [2.75, 3.05) is 6.61 Å². The lowest BCUT2D eigenvalue weighted by molar-refractivity contribution is -0.376. The molecule has 0 aromatic heterocycles. The Hall–Kier alpha value is -1.24. The number of carbonyl (C=O) groups excluding carboxylic acids is 1. The molecule has 1 amide bonds. The molecule has 0 bridgehead atoms. The summed E-state index contributed by atoms with van der Waals surface area (Å²) in [4.78, 5) is 10.9. The number of carbonyl (C=O) groups is 1. The van der Waals surface area contributed by atoms with Crippen LogP contribution < -0.4 is 5.32 Å². The van der Waals surface area contributed by atoms with Gasteiger partial charge in [-0.3, -0.25) is 10.1 Å². The number of halogens is 9. The number of alkyl halides is 9. The molecule has 126 valence electrons. The van der Waals surface area contributed by atoms with Gasteiger partial charge < -0.3 is 9.84 Å². The zero-order valence-corrected chi connectivity index (χ0v) is 9.95. The third-order valence-electron chi connectivity index (χ3n) is 1.95. The van der Waals surface area contributed by atoms with E-state index in [0.717, 1.165) is 6.92 Å². The van der Waals surface area contributed by atoms with Crippen LogP contribution in [0.15, 0.2) is 0 Å². The Morgan fingerprint density at radius 1 is 1.05 bits per heavy atom. The number of hydrogen-bond acceptors (Lipinski definition) is 3. The van der Waals surface area contributed by atoms with Gasteiger partial charge in [-0.15, -0.1) is 0 Å². The quantitative estimate of drug-likeness (QED) is 0.610. The molecule has 2 N–H and O–H groups in total. The van der Waals surface area contributed by atoms with Crippen molar-refractivity contribution >= 4 is 5.91 Å². The summed E-state index contributed by atoms with van der Waals surface area (Å²) in [6, 6.07) is 0. The Morgan fingerprint density at radius 3 is 1.67 bits per heavy atom. The highest BCUT2D eigenvalue weighted by atomic mass is 19.4. The minimum atomic E-state index is -6.21. The van der Waals surface area contributed by atoms with E-state index >= 15 is 0 Å². The Labute approximate surface area is 110 Å². The van der Waals surface area contributed by atoms with Crippen molar-refractivity contribution < 1.29 is 54.2 Å². The summed E-state index contributed by atoms with van der Waals surface area (Å²) in [6.45, 7) is -0.104. The van der Waals surface area contributed by atoms with Gasteiger partial charge in [0.1, 0.15) is 0 Å². The molecule has 0 radical (unpaired) electrons. The molecule has 0 unspecified atom stereocenters. The molecule has 0 aliphatic heterocycles. The van der Waals surface area contributed by atoms with E-state index in [1.165, 1.54) is 0 Å². The van der Waals surface area contributed by atoms with Gasteiger partial charge in [-0.05, 0) is 6.92 Å². The maximum absolute atomic E-state index is 12.4. The molecule has 0 fully saturated rings. The van der Waals surface area contributed by atoms with Gasteiger partial charge in [-0.1, -0.05) is 0 Å². The van der Waals surface area contributed by atoms with Gasteiger partial charge in [0.25, 0.3) is 0 Å². The summed E-state index contributed by atoms with van der Waals surface area (Å²) in [5.74, 6) is -12.6. The average Bonchev–Trinajstić information content (AvgIpc) is 2.09. The summed E-state index contributed by atoms with van der Waals surface area (Å²) in [5.41, 5.74) is 0. The molecule has 0 aromatic rings. The fourth-order valence-corrected chi connectivity index (χ4v) is 1.12. The summed E-state index contributed by atoms with van der Waals surface area (Å²) in [5, 5.41) is 9.06. The van der Waals surface area contributed by atoms with Gasteiger partial charge in [-0.2, -0.15) is 39.5 Å². The first-order valence-corrected chi connectivity index (χ1v) is 4.94. The van der Waals surface area contributed by atoms with Crippen LogP contribution in [0.4, 0.5) is 39.5 Å². The van der Waals surface area contributed by atoms with E-state index in [1.54, 1.807) is 0 Å². The molecule has 21 heavy (non-hydrogen) atoms. The van der Waals surface area contributed by atoms with Crippen molar-refractivity contribution in [3.8, 4) is 0 Å². The van der Waals surface area contributed by atoms with Gasteiger partial charge >= 0.3 is 24.4 Å². The van der Waals surface area contributed by atoms with E-state index in [1.807, 2.05) is 0 Å². The molecule has 1 atom stereocenters.